The minimum absolute atomic E-state index is 0.140. The molecule has 6 nitrogen and oxygen atoms in total. The highest BCUT2D eigenvalue weighted by atomic mass is 16.5. The number of rotatable bonds is 5. The number of nitrogens with zero attached hydrogens (tertiary/aromatic N) is 1. The van der Waals surface area contributed by atoms with Gasteiger partial charge >= 0.3 is 0 Å². The van der Waals surface area contributed by atoms with Crippen LogP contribution in [0.15, 0.2) is 72.8 Å². The van der Waals surface area contributed by atoms with Crippen LogP contribution >= 0.6 is 0 Å². The number of nitrogens with one attached hydrogen (secondary N) is 2. The van der Waals surface area contributed by atoms with Gasteiger partial charge in [0.05, 0.1) is 5.69 Å². The summed E-state index contributed by atoms with van der Waals surface area (Å²) in [7, 11) is 0. The van der Waals surface area contributed by atoms with Gasteiger partial charge in [0.2, 0.25) is 0 Å². The largest absolute Gasteiger partial charge is 0.455 e. The van der Waals surface area contributed by atoms with Crippen molar-refractivity contribution in [3.63, 3.8) is 0 Å². The van der Waals surface area contributed by atoms with Crippen molar-refractivity contribution in [2.45, 2.75) is 26.3 Å². The molecule has 29 heavy (non-hydrogen) atoms. The quantitative estimate of drug-likeness (QED) is 0.665. The number of carbonyl (C=O) groups excluding carboxylic acids is 2. The number of para-hydroxylation sites is 3. The zero-order valence-electron chi connectivity index (χ0n) is 16.6. The molecule has 2 amide bonds. The van der Waals surface area contributed by atoms with Gasteiger partial charge in [0.1, 0.15) is 17.1 Å². The van der Waals surface area contributed by atoms with Crippen molar-refractivity contribution in [2.24, 2.45) is 0 Å². The summed E-state index contributed by atoms with van der Waals surface area (Å²) in [6.07, 6.45) is 0. The third-order valence-electron chi connectivity index (χ3n) is 3.81. The molecule has 1 aromatic heterocycles. The van der Waals surface area contributed by atoms with Crippen LogP contribution in [0.3, 0.4) is 0 Å². The van der Waals surface area contributed by atoms with Crippen LogP contribution in [0.4, 0.5) is 5.69 Å². The molecule has 3 rings (SSSR count). The zero-order chi connectivity index (χ0) is 20.9. The highest BCUT2D eigenvalue weighted by Gasteiger charge is 2.18. The summed E-state index contributed by atoms with van der Waals surface area (Å²) < 4.78 is 5.86. The first-order valence-corrected chi connectivity index (χ1v) is 9.25. The van der Waals surface area contributed by atoms with E-state index in [2.05, 4.69) is 15.6 Å². The van der Waals surface area contributed by atoms with Gasteiger partial charge in [0.15, 0.2) is 5.75 Å². The standard InChI is InChI=1S/C23H23N3O3/c1-23(2,3)26-22(28)19-14-9-13-18(24-19)21(27)25-17-12-7-8-15-20(17)29-16-10-5-4-6-11-16/h4-15H,1-3H3,(H,25,27)(H,26,28). The molecule has 3 aromatic rings. The fourth-order valence-electron chi connectivity index (χ4n) is 2.55. The molecule has 0 aliphatic carbocycles. The molecule has 0 unspecified atom stereocenters. The van der Waals surface area contributed by atoms with E-state index < -0.39 is 11.4 Å². The first-order valence-electron chi connectivity index (χ1n) is 9.25. The average Bonchev–Trinajstić information content (AvgIpc) is 2.69. The predicted octanol–water partition coefficient (Wildman–Crippen LogP) is 4.65. The summed E-state index contributed by atoms with van der Waals surface area (Å²) >= 11 is 0. The molecule has 0 radical (unpaired) electrons. The molecule has 2 N–H and O–H groups in total. The second-order valence-corrected chi connectivity index (χ2v) is 7.48. The monoisotopic (exact) mass is 389 g/mol. The van der Waals surface area contributed by atoms with E-state index in [1.54, 1.807) is 36.4 Å². The summed E-state index contributed by atoms with van der Waals surface area (Å²) in [6, 6.07) is 21.2. The second-order valence-electron chi connectivity index (χ2n) is 7.48. The van der Waals surface area contributed by atoms with Crippen molar-refractivity contribution in [3.8, 4) is 11.5 Å². The number of pyridine rings is 1. The number of carbonyl (C=O) groups is 2. The van der Waals surface area contributed by atoms with Crippen LogP contribution in [0, 0.1) is 0 Å². The van der Waals surface area contributed by atoms with E-state index in [-0.39, 0.29) is 17.3 Å². The lowest BCUT2D eigenvalue weighted by Gasteiger charge is -2.20. The van der Waals surface area contributed by atoms with Gasteiger partial charge in [-0.3, -0.25) is 9.59 Å². The van der Waals surface area contributed by atoms with Gasteiger partial charge in [-0.15, -0.1) is 0 Å². The van der Waals surface area contributed by atoms with Crippen molar-refractivity contribution in [1.82, 2.24) is 10.3 Å². The number of anilines is 1. The molecule has 0 spiro atoms. The Morgan fingerprint density at radius 3 is 2.10 bits per heavy atom. The van der Waals surface area contributed by atoms with E-state index in [0.717, 1.165) is 0 Å². The molecule has 6 heteroatoms. The second kappa shape index (κ2) is 8.56. The predicted molar refractivity (Wildman–Crippen MR) is 112 cm³/mol. The van der Waals surface area contributed by atoms with Crippen molar-refractivity contribution >= 4 is 17.5 Å². The molecule has 0 bridgehead atoms. The van der Waals surface area contributed by atoms with E-state index in [1.165, 1.54) is 0 Å². The van der Waals surface area contributed by atoms with Gasteiger partial charge in [-0.05, 0) is 57.2 Å². The van der Waals surface area contributed by atoms with Gasteiger partial charge in [-0.2, -0.15) is 0 Å². The van der Waals surface area contributed by atoms with Gasteiger partial charge in [0.25, 0.3) is 11.8 Å². The lowest BCUT2D eigenvalue weighted by Crippen LogP contribution is -2.41. The third kappa shape index (κ3) is 5.65. The van der Waals surface area contributed by atoms with Gasteiger partial charge in [0, 0.05) is 5.54 Å². The first-order chi connectivity index (χ1) is 13.8. The maximum absolute atomic E-state index is 12.7. The topological polar surface area (TPSA) is 80.3 Å². The molecular formula is C23H23N3O3. The van der Waals surface area contributed by atoms with Crippen LogP contribution in [-0.2, 0) is 0 Å². The molecule has 0 aliphatic heterocycles. The number of ether oxygens (including phenoxy) is 1. The van der Waals surface area contributed by atoms with Crippen LogP contribution in [0.5, 0.6) is 11.5 Å². The van der Waals surface area contributed by atoms with Crippen LogP contribution in [0.2, 0.25) is 0 Å². The Labute approximate surface area is 169 Å². The molecule has 0 fully saturated rings. The van der Waals surface area contributed by atoms with Crippen LogP contribution < -0.4 is 15.4 Å². The lowest BCUT2D eigenvalue weighted by molar-refractivity contribution is 0.0914. The van der Waals surface area contributed by atoms with E-state index in [4.69, 9.17) is 4.74 Å². The number of hydrogen-bond donors (Lipinski definition) is 2. The van der Waals surface area contributed by atoms with E-state index >= 15 is 0 Å². The third-order valence-corrected chi connectivity index (χ3v) is 3.81. The zero-order valence-corrected chi connectivity index (χ0v) is 16.6. The molecule has 0 saturated carbocycles. The van der Waals surface area contributed by atoms with E-state index in [0.29, 0.717) is 17.2 Å². The smallest absolute Gasteiger partial charge is 0.274 e. The number of amides is 2. The Morgan fingerprint density at radius 1 is 0.793 bits per heavy atom. The normalized spacial score (nSPS) is 10.9. The summed E-state index contributed by atoms with van der Waals surface area (Å²) in [4.78, 5) is 29.2. The molecule has 2 aromatic carbocycles. The highest BCUT2D eigenvalue weighted by Crippen LogP contribution is 2.29. The first kappa shape index (κ1) is 20.1. The highest BCUT2D eigenvalue weighted by molar-refractivity contribution is 6.04. The maximum atomic E-state index is 12.7. The Balaban J connectivity index is 1.78. The summed E-state index contributed by atoms with van der Waals surface area (Å²) in [5.74, 6) is 0.404. The SMILES string of the molecule is CC(C)(C)NC(=O)c1cccc(C(=O)Nc2ccccc2Oc2ccccc2)n1. The molecule has 0 atom stereocenters. The lowest BCUT2D eigenvalue weighted by atomic mass is 10.1. The minimum atomic E-state index is -0.431. The van der Waals surface area contributed by atoms with Gasteiger partial charge < -0.3 is 15.4 Å². The van der Waals surface area contributed by atoms with Crippen LogP contribution in [0.1, 0.15) is 41.7 Å². The average molecular weight is 389 g/mol. The molecule has 0 aliphatic rings. The minimum Gasteiger partial charge on any atom is -0.455 e. The number of benzene rings is 2. The summed E-state index contributed by atoms with van der Waals surface area (Å²) in [5, 5.41) is 5.64. The Hall–Kier alpha value is -3.67. The fourth-order valence-corrected chi connectivity index (χ4v) is 2.55. The van der Waals surface area contributed by atoms with Crippen LogP contribution in [0.25, 0.3) is 0 Å². The van der Waals surface area contributed by atoms with E-state index in [1.807, 2.05) is 57.2 Å². The van der Waals surface area contributed by atoms with Crippen molar-refractivity contribution in [2.75, 3.05) is 5.32 Å². The molecule has 1 heterocycles. The molecular weight excluding hydrogens is 366 g/mol. The molecule has 148 valence electrons. The van der Waals surface area contributed by atoms with Gasteiger partial charge in [-0.1, -0.05) is 36.4 Å². The van der Waals surface area contributed by atoms with Crippen molar-refractivity contribution in [3.05, 3.63) is 84.2 Å². The Bertz CT molecular complexity index is 1010. The van der Waals surface area contributed by atoms with Crippen molar-refractivity contribution in [1.29, 1.82) is 0 Å². The maximum Gasteiger partial charge on any atom is 0.274 e. The Morgan fingerprint density at radius 2 is 1.41 bits per heavy atom. The summed E-state index contributed by atoms with van der Waals surface area (Å²) in [5.41, 5.74) is 0.431. The molecule has 0 saturated heterocycles. The number of aromatic nitrogens is 1. The fraction of sp³-hybridized carbons (Fsp3) is 0.174. The van der Waals surface area contributed by atoms with Crippen LogP contribution in [-0.4, -0.2) is 22.3 Å². The Kier molecular flexibility index (Phi) is 5.93. The van der Waals surface area contributed by atoms with E-state index in [9.17, 15) is 9.59 Å². The summed E-state index contributed by atoms with van der Waals surface area (Å²) in [6.45, 7) is 5.64. The van der Waals surface area contributed by atoms with Gasteiger partial charge in [-0.25, -0.2) is 4.98 Å². The number of hydrogen-bond acceptors (Lipinski definition) is 4. The van der Waals surface area contributed by atoms with Crippen molar-refractivity contribution < 1.29 is 14.3 Å².